The van der Waals surface area contributed by atoms with Crippen molar-refractivity contribution in [3.05, 3.63) is 101 Å². The molecule has 1 heterocycles. The number of hydrogen-bond acceptors (Lipinski definition) is 3. The maximum atomic E-state index is 11.9. The number of rotatable bonds is 4. The summed E-state index contributed by atoms with van der Waals surface area (Å²) in [6.07, 6.45) is 0. The Hall–Kier alpha value is -3.37. The third-order valence-electron chi connectivity index (χ3n) is 4.38. The maximum Gasteiger partial charge on any atom is 0.333 e. The van der Waals surface area contributed by atoms with Crippen molar-refractivity contribution in [1.29, 1.82) is 0 Å². The summed E-state index contributed by atoms with van der Waals surface area (Å²) in [5.41, 5.74) is 2.07. The van der Waals surface area contributed by atoms with Gasteiger partial charge in [-0.1, -0.05) is 72.3 Å². The minimum Gasteiger partial charge on any atom is -0.479 e. The Morgan fingerprint density at radius 1 is 0.929 bits per heavy atom. The zero-order chi connectivity index (χ0) is 19.5. The van der Waals surface area contributed by atoms with Gasteiger partial charge in [-0.15, -0.1) is 0 Å². The summed E-state index contributed by atoms with van der Waals surface area (Å²) < 4.78 is 6.03. The van der Waals surface area contributed by atoms with Crippen molar-refractivity contribution in [1.82, 2.24) is 0 Å². The first kappa shape index (κ1) is 18.0. The van der Waals surface area contributed by atoms with Gasteiger partial charge in [-0.25, -0.2) is 4.79 Å². The van der Waals surface area contributed by atoms with Gasteiger partial charge in [0.1, 0.15) is 11.3 Å². The van der Waals surface area contributed by atoms with Crippen LogP contribution in [0.3, 0.4) is 0 Å². The predicted molar refractivity (Wildman–Crippen MR) is 109 cm³/mol. The molecule has 0 saturated carbocycles. The highest BCUT2D eigenvalue weighted by atomic mass is 35.5. The van der Waals surface area contributed by atoms with E-state index in [2.05, 4.69) is 4.99 Å². The Kier molecular flexibility index (Phi) is 4.96. The van der Waals surface area contributed by atoms with Gasteiger partial charge in [0.15, 0.2) is 6.04 Å². The van der Waals surface area contributed by atoms with Crippen LogP contribution in [0.15, 0.2) is 94.3 Å². The zero-order valence-corrected chi connectivity index (χ0v) is 15.5. The molecular weight excluding hydrogens is 374 g/mol. The van der Waals surface area contributed by atoms with Crippen LogP contribution in [0, 0.1) is 0 Å². The lowest BCUT2D eigenvalue weighted by molar-refractivity contribution is -0.138. The smallest absolute Gasteiger partial charge is 0.333 e. The second-order valence-electron chi connectivity index (χ2n) is 6.28. The molecule has 3 aromatic carbocycles. The molecule has 5 heteroatoms. The zero-order valence-electron chi connectivity index (χ0n) is 14.7. The van der Waals surface area contributed by atoms with E-state index in [4.69, 9.17) is 16.0 Å². The molecule has 0 fully saturated rings. The summed E-state index contributed by atoms with van der Waals surface area (Å²) >= 11 is 6.16. The molecule has 0 aliphatic rings. The molecule has 0 bridgehead atoms. The highest BCUT2D eigenvalue weighted by molar-refractivity contribution is 6.31. The first-order chi connectivity index (χ1) is 13.6. The van der Waals surface area contributed by atoms with Crippen molar-refractivity contribution >= 4 is 28.5 Å². The SMILES string of the molecule is O=C(O)[C@H](N=c1cc(-c2ccccc2)oc2ccc(Cl)cc12)c1ccccc1. The van der Waals surface area contributed by atoms with E-state index in [0.717, 1.165) is 5.56 Å². The molecule has 4 rings (SSSR count). The standard InChI is InChI=1S/C23H16ClNO3/c24-17-11-12-20-18(13-17)19(14-21(28-20)15-7-3-1-4-8-15)25-22(23(26)27)16-9-5-2-6-10-16/h1-14,22H,(H,26,27)/t22-/m1/s1. The first-order valence-electron chi connectivity index (χ1n) is 8.72. The van der Waals surface area contributed by atoms with Crippen molar-refractivity contribution < 1.29 is 14.3 Å². The molecular formula is C23H16ClNO3. The van der Waals surface area contributed by atoms with Gasteiger partial charge in [-0.05, 0) is 23.8 Å². The van der Waals surface area contributed by atoms with Crippen molar-refractivity contribution in [2.24, 2.45) is 4.99 Å². The molecule has 0 aliphatic heterocycles. The predicted octanol–water partition coefficient (Wildman–Crippen LogP) is 5.48. The molecule has 0 unspecified atom stereocenters. The fraction of sp³-hybridized carbons (Fsp3) is 0.0435. The van der Waals surface area contributed by atoms with Crippen LogP contribution in [0.25, 0.3) is 22.3 Å². The van der Waals surface area contributed by atoms with Crippen LogP contribution in [0.5, 0.6) is 0 Å². The number of carbonyl (C=O) groups is 1. The normalized spacial score (nSPS) is 12.8. The van der Waals surface area contributed by atoms with E-state index in [-0.39, 0.29) is 0 Å². The summed E-state index contributed by atoms with van der Waals surface area (Å²) in [7, 11) is 0. The van der Waals surface area contributed by atoms with E-state index in [1.165, 1.54) is 0 Å². The van der Waals surface area contributed by atoms with Crippen LogP contribution in [0.2, 0.25) is 5.02 Å². The van der Waals surface area contributed by atoms with Gasteiger partial charge in [0.25, 0.3) is 0 Å². The molecule has 138 valence electrons. The topological polar surface area (TPSA) is 62.8 Å². The van der Waals surface area contributed by atoms with E-state index in [1.54, 1.807) is 48.5 Å². The number of benzene rings is 3. The molecule has 1 N–H and O–H groups in total. The van der Waals surface area contributed by atoms with Crippen LogP contribution in [-0.4, -0.2) is 11.1 Å². The summed E-state index contributed by atoms with van der Waals surface area (Å²) in [6, 6.07) is 24.5. The molecule has 28 heavy (non-hydrogen) atoms. The Bertz CT molecular complexity index is 1200. The van der Waals surface area contributed by atoms with Gasteiger partial charge < -0.3 is 9.52 Å². The van der Waals surface area contributed by atoms with E-state index in [1.807, 2.05) is 36.4 Å². The average molecular weight is 390 g/mol. The first-order valence-corrected chi connectivity index (χ1v) is 9.10. The van der Waals surface area contributed by atoms with Crippen molar-refractivity contribution in [3.8, 4) is 11.3 Å². The lowest BCUT2D eigenvalue weighted by Gasteiger charge is -2.09. The number of carboxylic acid groups (broad SMARTS) is 1. The number of nitrogens with zero attached hydrogens (tertiary/aromatic N) is 1. The fourth-order valence-electron chi connectivity index (χ4n) is 3.04. The molecule has 4 aromatic rings. The average Bonchev–Trinajstić information content (AvgIpc) is 2.73. The Balaban J connectivity index is 1.99. The van der Waals surface area contributed by atoms with Gasteiger partial charge in [0, 0.05) is 22.0 Å². The van der Waals surface area contributed by atoms with Crippen LogP contribution < -0.4 is 5.36 Å². The third-order valence-corrected chi connectivity index (χ3v) is 4.62. The minimum atomic E-state index is -1.03. The van der Waals surface area contributed by atoms with Crippen LogP contribution in [-0.2, 0) is 4.79 Å². The second kappa shape index (κ2) is 7.71. The molecule has 1 atom stereocenters. The van der Waals surface area contributed by atoms with Crippen LogP contribution in [0.1, 0.15) is 11.6 Å². The fourth-order valence-corrected chi connectivity index (χ4v) is 3.21. The van der Waals surface area contributed by atoms with E-state index in [0.29, 0.717) is 32.7 Å². The Morgan fingerprint density at radius 3 is 2.29 bits per heavy atom. The number of carboxylic acids is 1. The number of hydrogen-bond donors (Lipinski definition) is 1. The van der Waals surface area contributed by atoms with E-state index in [9.17, 15) is 9.90 Å². The molecule has 1 aromatic heterocycles. The monoisotopic (exact) mass is 389 g/mol. The van der Waals surface area contributed by atoms with Crippen LogP contribution >= 0.6 is 11.6 Å². The quantitative estimate of drug-likeness (QED) is 0.502. The largest absolute Gasteiger partial charge is 0.479 e. The number of fused-ring (bicyclic) bond motifs is 1. The van der Waals surface area contributed by atoms with E-state index < -0.39 is 12.0 Å². The molecule has 4 nitrogen and oxygen atoms in total. The van der Waals surface area contributed by atoms with Crippen molar-refractivity contribution in [3.63, 3.8) is 0 Å². The van der Waals surface area contributed by atoms with Crippen molar-refractivity contribution in [2.45, 2.75) is 6.04 Å². The van der Waals surface area contributed by atoms with Gasteiger partial charge in [-0.2, -0.15) is 0 Å². The van der Waals surface area contributed by atoms with E-state index >= 15 is 0 Å². The van der Waals surface area contributed by atoms with Gasteiger partial charge in [0.05, 0.1) is 5.36 Å². The van der Waals surface area contributed by atoms with Gasteiger partial charge in [-0.3, -0.25) is 4.99 Å². The molecule has 0 spiro atoms. The Labute approximate surface area is 166 Å². The van der Waals surface area contributed by atoms with Gasteiger partial charge in [0.2, 0.25) is 0 Å². The molecule has 0 radical (unpaired) electrons. The maximum absolute atomic E-state index is 11.9. The van der Waals surface area contributed by atoms with Gasteiger partial charge >= 0.3 is 5.97 Å². The molecule has 0 aliphatic carbocycles. The Morgan fingerprint density at radius 2 is 1.61 bits per heavy atom. The summed E-state index contributed by atoms with van der Waals surface area (Å²) in [4.78, 5) is 16.5. The third kappa shape index (κ3) is 3.68. The lowest BCUT2D eigenvalue weighted by atomic mass is 10.1. The molecule has 0 amide bonds. The lowest BCUT2D eigenvalue weighted by Crippen LogP contribution is -2.15. The molecule has 0 saturated heterocycles. The second-order valence-corrected chi connectivity index (χ2v) is 6.72. The summed E-state index contributed by atoms with van der Waals surface area (Å²) in [5, 5.41) is 11.5. The summed E-state index contributed by atoms with van der Waals surface area (Å²) in [6.45, 7) is 0. The minimum absolute atomic E-state index is 0.513. The summed E-state index contributed by atoms with van der Waals surface area (Å²) in [5.74, 6) is -0.421. The highest BCUT2D eigenvalue weighted by Gasteiger charge is 2.18. The number of aliphatic carboxylic acids is 1. The number of halogens is 1. The van der Waals surface area contributed by atoms with Crippen molar-refractivity contribution in [2.75, 3.05) is 0 Å². The van der Waals surface area contributed by atoms with Crippen LogP contribution in [0.4, 0.5) is 0 Å². The highest BCUT2D eigenvalue weighted by Crippen LogP contribution is 2.25.